The average Bonchev–Trinajstić information content (AvgIpc) is 2.56. The number of nitrogens with one attached hydrogen (secondary N) is 2. The van der Waals surface area contributed by atoms with E-state index in [1.54, 1.807) is 7.05 Å². The molecule has 6 nitrogen and oxygen atoms in total. The first-order valence-electron chi connectivity index (χ1n) is 7.66. The van der Waals surface area contributed by atoms with E-state index in [1.165, 1.54) is 5.56 Å². The minimum absolute atomic E-state index is 0.697. The molecule has 0 amide bonds. The number of hydrogen-bond acceptors (Lipinski definition) is 4. The molecule has 0 atom stereocenters. The molecule has 0 spiro atoms. The third kappa shape index (κ3) is 4.73. The van der Waals surface area contributed by atoms with Crippen molar-refractivity contribution in [3.8, 4) is 0 Å². The molecule has 0 radical (unpaired) electrons. The lowest BCUT2D eigenvalue weighted by molar-refractivity contribution is 0.312. The van der Waals surface area contributed by atoms with Gasteiger partial charge in [0.1, 0.15) is 5.82 Å². The van der Waals surface area contributed by atoms with Crippen molar-refractivity contribution in [1.29, 1.82) is 0 Å². The molecule has 0 aromatic carbocycles. The molecule has 2 heterocycles. The van der Waals surface area contributed by atoms with Crippen molar-refractivity contribution in [2.75, 3.05) is 51.7 Å². The molecule has 0 aliphatic carbocycles. The summed E-state index contributed by atoms with van der Waals surface area (Å²) in [7, 11) is 3.92. The highest BCUT2D eigenvalue weighted by molar-refractivity contribution is 5.79. The molecule has 1 aliphatic rings. The van der Waals surface area contributed by atoms with Gasteiger partial charge >= 0.3 is 0 Å². The molecule has 6 heteroatoms. The molecule has 1 aliphatic heterocycles. The summed E-state index contributed by atoms with van der Waals surface area (Å²) in [6, 6.07) is 4.19. The smallest absolute Gasteiger partial charge is 0.191 e. The SMILES string of the molecule is C=CCNC(=NC)NCc1ccnc(N2CCN(C)CC2)c1. The van der Waals surface area contributed by atoms with E-state index in [4.69, 9.17) is 0 Å². The first kappa shape index (κ1) is 16.3. The van der Waals surface area contributed by atoms with Gasteiger partial charge in [0.05, 0.1) is 0 Å². The van der Waals surface area contributed by atoms with Crippen LogP contribution < -0.4 is 15.5 Å². The number of rotatable bonds is 5. The zero-order valence-corrected chi connectivity index (χ0v) is 13.5. The van der Waals surface area contributed by atoms with Gasteiger partial charge in [-0.2, -0.15) is 0 Å². The Kier molecular flexibility index (Phi) is 6.21. The molecule has 2 N–H and O–H groups in total. The van der Waals surface area contributed by atoms with Gasteiger partial charge in [0.2, 0.25) is 0 Å². The fourth-order valence-corrected chi connectivity index (χ4v) is 2.35. The summed E-state index contributed by atoms with van der Waals surface area (Å²) in [4.78, 5) is 13.4. The first-order chi connectivity index (χ1) is 10.7. The van der Waals surface area contributed by atoms with Crippen molar-refractivity contribution >= 4 is 11.8 Å². The van der Waals surface area contributed by atoms with Crippen molar-refractivity contribution in [2.24, 2.45) is 4.99 Å². The van der Waals surface area contributed by atoms with Crippen LogP contribution in [0.4, 0.5) is 5.82 Å². The molecule has 22 heavy (non-hydrogen) atoms. The highest BCUT2D eigenvalue weighted by Gasteiger charge is 2.15. The van der Waals surface area contributed by atoms with Gasteiger partial charge in [-0.15, -0.1) is 6.58 Å². The Hall–Kier alpha value is -2.08. The van der Waals surface area contributed by atoms with Crippen molar-refractivity contribution < 1.29 is 0 Å². The third-order valence-corrected chi connectivity index (χ3v) is 3.73. The lowest BCUT2D eigenvalue weighted by atomic mass is 10.2. The normalized spacial score (nSPS) is 16.5. The maximum Gasteiger partial charge on any atom is 0.191 e. The number of likely N-dealkylation sites (N-methyl/N-ethyl adjacent to an activating group) is 1. The average molecular weight is 302 g/mol. The van der Waals surface area contributed by atoms with Crippen LogP contribution in [0.2, 0.25) is 0 Å². The number of pyridine rings is 1. The standard InChI is InChI=1S/C16H26N6/c1-4-6-19-16(17-2)20-13-14-5-7-18-15(12-14)22-10-8-21(3)9-11-22/h4-5,7,12H,1,6,8-11,13H2,2-3H3,(H2,17,19,20). The molecule has 0 saturated carbocycles. The summed E-state index contributed by atoms with van der Waals surface area (Å²) in [5.41, 5.74) is 1.20. The number of piperazine rings is 1. The quantitative estimate of drug-likeness (QED) is 0.476. The summed E-state index contributed by atoms with van der Waals surface area (Å²) in [5.74, 6) is 1.83. The second-order valence-corrected chi connectivity index (χ2v) is 5.41. The van der Waals surface area contributed by atoms with Crippen LogP contribution in [-0.4, -0.2) is 62.7 Å². The van der Waals surface area contributed by atoms with Gasteiger partial charge in [-0.25, -0.2) is 4.98 Å². The number of guanidine groups is 1. The van der Waals surface area contributed by atoms with Gasteiger partial charge < -0.3 is 20.4 Å². The van der Waals surface area contributed by atoms with E-state index in [2.05, 4.69) is 50.1 Å². The van der Waals surface area contributed by atoms with Crippen molar-refractivity contribution in [2.45, 2.75) is 6.54 Å². The second-order valence-electron chi connectivity index (χ2n) is 5.41. The van der Waals surface area contributed by atoms with E-state index >= 15 is 0 Å². The van der Waals surface area contributed by atoms with Crippen LogP contribution in [0.3, 0.4) is 0 Å². The van der Waals surface area contributed by atoms with Crippen molar-refractivity contribution in [1.82, 2.24) is 20.5 Å². The van der Waals surface area contributed by atoms with Gasteiger partial charge in [0.25, 0.3) is 0 Å². The topological polar surface area (TPSA) is 55.8 Å². The van der Waals surface area contributed by atoms with Crippen LogP contribution >= 0.6 is 0 Å². The van der Waals surface area contributed by atoms with Crippen molar-refractivity contribution in [3.05, 3.63) is 36.5 Å². The Bertz CT molecular complexity index is 505. The Labute approximate surface area is 132 Å². The minimum atomic E-state index is 0.697. The second kappa shape index (κ2) is 8.38. The van der Waals surface area contributed by atoms with Gasteiger partial charge in [-0.05, 0) is 24.7 Å². The van der Waals surface area contributed by atoms with E-state index in [9.17, 15) is 0 Å². The fraction of sp³-hybridized carbons (Fsp3) is 0.500. The summed E-state index contributed by atoms with van der Waals surface area (Å²) >= 11 is 0. The summed E-state index contributed by atoms with van der Waals surface area (Å²) < 4.78 is 0. The number of hydrogen-bond donors (Lipinski definition) is 2. The van der Waals surface area contributed by atoms with Gasteiger partial charge in [0, 0.05) is 52.5 Å². The Balaban J connectivity index is 1.92. The molecule has 0 bridgehead atoms. The van der Waals surface area contributed by atoms with Gasteiger partial charge in [-0.3, -0.25) is 4.99 Å². The molecule has 0 unspecified atom stereocenters. The van der Waals surface area contributed by atoms with Crippen molar-refractivity contribution in [3.63, 3.8) is 0 Å². The first-order valence-corrected chi connectivity index (χ1v) is 7.66. The van der Waals surface area contributed by atoms with E-state index in [0.29, 0.717) is 6.54 Å². The maximum atomic E-state index is 4.51. The van der Waals surface area contributed by atoms with Crippen LogP contribution in [-0.2, 0) is 6.54 Å². The molecular formula is C16H26N6. The van der Waals surface area contributed by atoms with Crippen LogP contribution in [0.25, 0.3) is 0 Å². The molecular weight excluding hydrogens is 276 g/mol. The maximum absolute atomic E-state index is 4.51. The summed E-state index contributed by atoms with van der Waals surface area (Å²) in [6.07, 6.45) is 3.69. The van der Waals surface area contributed by atoms with E-state index < -0.39 is 0 Å². The zero-order valence-electron chi connectivity index (χ0n) is 13.5. The minimum Gasteiger partial charge on any atom is -0.354 e. The highest BCUT2D eigenvalue weighted by Crippen LogP contribution is 2.14. The Morgan fingerprint density at radius 2 is 2.14 bits per heavy atom. The molecule has 1 saturated heterocycles. The van der Waals surface area contributed by atoms with Gasteiger partial charge in [0.15, 0.2) is 5.96 Å². The zero-order chi connectivity index (χ0) is 15.8. The van der Waals surface area contributed by atoms with E-state index in [-0.39, 0.29) is 0 Å². The van der Waals surface area contributed by atoms with E-state index in [0.717, 1.165) is 44.5 Å². The van der Waals surface area contributed by atoms with Crippen LogP contribution in [0.5, 0.6) is 0 Å². The molecule has 120 valence electrons. The summed E-state index contributed by atoms with van der Waals surface area (Å²) in [5, 5.41) is 6.46. The van der Waals surface area contributed by atoms with Crippen LogP contribution in [0, 0.1) is 0 Å². The van der Waals surface area contributed by atoms with Crippen LogP contribution in [0.1, 0.15) is 5.56 Å². The summed E-state index contributed by atoms with van der Waals surface area (Å²) in [6.45, 7) is 9.34. The highest BCUT2D eigenvalue weighted by atomic mass is 15.3. The van der Waals surface area contributed by atoms with Crippen LogP contribution in [0.15, 0.2) is 36.0 Å². The predicted molar refractivity (Wildman–Crippen MR) is 92.3 cm³/mol. The molecule has 2 rings (SSSR count). The molecule has 1 aromatic rings. The van der Waals surface area contributed by atoms with Gasteiger partial charge in [-0.1, -0.05) is 6.08 Å². The number of aromatic nitrogens is 1. The Morgan fingerprint density at radius 1 is 1.36 bits per heavy atom. The molecule has 1 fully saturated rings. The third-order valence-electron chi connectivity index (χ3n) is 3.73. The number of aliphatic imine (C=N–C) groups is 1. The lowest BCUT2D eigenvalue weighted by Crippen LogP contribution is -2.44. The fourth-order valence-electron chi connectivity index (χ4n) is 2.35. The molecule has 1 aromatic heterocycles. The number of anilines is 1. The lowest BCUT2D eigenvalue weighted by Gasteiger charge is -2.33. The predicted octanol–water partition coefficient (Wildman–Crippen LogP) is 0.684. The monoisotopic (exact) mass is 302 g/mol. The Morgan fingerprint density at radius 3 is 2.82 bits per heavy atom. The largest absolute Gasteiger partial charge is 0.354 e. The number of nitrogens with zero attached hydrogens (tertiary/aromatic N) is 4. The van der Waals surface area contributed by atoms with E-state index in [1.807, 2.05) is 18.3 Å².